The molecule has 2 aromatic rings. The molecule has 21 heavy (non-hydrogen) atoms. The van der Waals surface area contributed by atoms with Crippen LogP contribution in [0.15, 0.2) is 23.3 Å². The molecule has 0 amide bonds. The Morgan fingerprint density at radius 1 is 1.24 bits per heavy atom. The molecule has 110 valence electrons. The first-order chi connectivity index (χ1) is 10.3. The molecule has 4 rings (SSSR count). The second kappa shape index (κ2) is 5.17. The first kappa shape index (κ1) is 12.9. The summed E-state index contributed by atoms with van der Waals surface area (Å²) in [6.07, 6.45) is 12.0. The average Bonchev–Trinajstić information content (AvgIpc) is 2.98. The number of fused-ring (bicyclic) bond motifs is 1. The van der Waals surface area contributed by atoms with Crippen molar-refractivity contribution in [1.29, 1.82) is 0 Å². The van der Waals surface area contributed by atoms with E-state index in [2.05, 4.69) is 20.8 Å². The van der Waals surface area contributed by atoms with Crippen LogP contribution in [0.3, 0.4) is 0 Å². The van der Waals surface area contributed by atoms with E-state index in [9.17, 15) is 4.79 Å². The maximum atomic E-state index is 12.9. The lowest BCUT2D eigenvalue weighted by Gasteiger charge is -2.29. The van der Waals surface area contributed by atoms with Crippen molar-refractivity contribution in [2.24, 2.45) is 5.92 Å². The fourth-order valence-electron chi connectivity index (χ4n) is 3.61. The average molecular weight is 283 g/mol. The Hall–Kier alpha value is -1.84. The third-order valence-electron chi connectivity index (χ3n) is 5.08. The zero-order valence-corrected chi connectivity index (χ0v) is 12.3. The van der Waals surface area contributed by atoms with Gasteiger partial charge >= 0.3 is 0 Å². The van der Waals surface area contributed by atoms with E-state index in [1.165, 1.54) is 43.4 Å². The lowest BCUT2D eigenvalue weighted by Crippen LogP contribution is -2.32. The van der Waals surface area contributed by atoms with Gasteiger partial charge in [-0.3, -0.25) is 9.89 Å². The van der Waals surface area contributed by atoms with Gasteiger partial charge in [-0.15, -0.1) is 0 Å². The number of rotatable bonds is 3. The molecule has 1 N–H and O–H groups in total. The molecule has 2 aliphatic carbocycles. The summed E-state index contributed by atoms with van der Waals surface area (Å²) in [6.45, 7) is 0.910. The summed E-state index contributed by atoms with van der Waals surface area (Å²) in [5.74, 6) is 0.702. The number of H-pyrrole nitrogens is 1. The van der Waals surface area contributed by atoms with E-state index < -0.39 is 0 Å². The maximum absolute atomic E-state index is 12.9. The molecule has 0 spiro atoms. The molecule has 4 heteroatoms. The van der Waals surface area contributed by atoms with Crippen molar-refractivity contribution in [1.82, 2.24) is 14.8 Å². The summed E-state index contributed by atoms with van der Waals surface area (Å²) in [5.41, 5.74) is 4.56. The largest absolute Gasteiger partial charge is 0.312 e. The Bertz CT molecular complexity index is 696. The summed E-state index contributed by atoms with van der Waals surface area (Å²) < 4.78 is 2.08. The number of nitrogens with zero attached hydrogens (tertiary/aromatic N) is 2. The number of pyridine rings is 1. The van der Waals surface area contributed by atoms with Gasteiger partial charge in [-0.2, -0.15) is 5.10 Å². The lowest BCUT2D eigenvalue weighted by atomic mass is 9.84. The molecule has 1 fully saturated rings. The summed E-state index contributed by atoms with van der Waals surface area (Å²) in [7, 11) is 0. The first-order valence-electron chi connectivity index (χ1n) is 8.07. The van der Waals surface area contributed by atoms with Crippen molar-refractivity contribution in [3.63, 3.8) is 0 Å². The van der Waals surface area contributed by atoms with Gasteiger partial charge in [0.1, 0.15) is 0 Å². The Kier molecular flexibility index (Phi) is 3.17. The van der Waals surface area contributed by atoms with E-state index >= 15 is 0 Å². The van der Waals surface area contributed by atoms with Crippen LogP contribution >= 0.6 is 0 Å². The molecule has 0 saturated heterocycles. The second-order valence-corrected chi connectivity index (χ2v) is 6.44. The minimum absolute atomic E-state index is 0.170. The highest BCUT2D eigenvalue weighted by Gasteiger charge is 2.23. The minimum Gasteiger partial charge on any atom is -0.312 e. The third-order valence-corrected chi connectivity index (χ3v) is 5.08. The van der Waals surface area contributed by atoms with Crippen molar-refractivity contribution in [2.45, 2.75) is 51.5 Å². The smallest absolute Gasteiger partial charge is 0.258 e. The number of aromatic amines is 1. The molecule has 2 aliphatic rings. The van der Waals surface area contributed by atoms with E-state index in [-0.39, 0.29) is 5.56 Å². The molecule has 0 aromatic carbocycles. The molecule has 0 radical (unpaired) electrons. The van der Waals surface area contributed by atoms with Gasteiger partial charge in [-0.25, -0.2) is 0 Å². The van der Waals surface area contributed by atoms with E-state index in [0.717, 1.165) is 30.5 Å². The maximum Gasteiger partial charge on any atom is 0.258 e. The first-order valence-corrected chi connectivity index (χ1v) is 8.07. The standard InChI is InChI=1S/C17H21N3O/c21-17-15(14-9-18-19-10-14)8-13-6-1-2-7-16(13)20(17)11-12-4-3-5-12/h8-10,12H,1-7,11H2,(H,18,19). The minimum atomic E-state index is 0.170. The molecular formula is C17H21N3O. The molecule has 0 unspecified atom stereocenters. The van der Waals surface area contributed by atoms with Crippen LogP contribution in [-0.4, -0.2) is 14.8 Å². The predicted octanol–water partition coefficient (Wildman–Crippen LogP) is 2.92. The Balaban J connectivity index is 1.85. The number of aromatic nitrogens is 3. The zero-order valence-electron chi connectivity index (χ0n) is 12.3. The molecule has 4 nitrogen and oxygen atoms in total. The monoisotopic (exact) mass is 283 g/mol. The van der Waals surface area contributed by atoms with Crippen molar-refractivity contribution < 1.29 is 0 Å². The topological polar surface area (TPSA) is 50.7 Å². The van der Waals surface area contributed by atoms with Crippen LogP contribution in [0.2, 0.25) is 0 Å². The highest BCUT2D eigenvalue weighted by Crippen LogP contribution is 2.30. The lowest BCUT2D eigenvalue weighted by molar-refractivity contribution is 0.269. The van der Waals surface area contributed by atoms with E-state index in [1.54, 1.807) is 6.20 Å². The SMILES string of the molecule is O=c1c(-c2cn[nH]c2)cc2c(n1CC1CCC1)CCCC2. The summed E-state index contributed by atoms with van der Waals surface area (Å²) >= 11 is 0. The van der Waals surface area contributed by atoms with E-state index in [1.807, 2.05) is 6.20 Å². The summed E-state index contributed by atoms with van der Waals surface area (Å²) in [4.78, 5) is 12.9. The van der Waals surface area contributed by atoms with Gasteiger partial charge in [0.05, 0.1) is 11.8 Å². The Labute approximate surface area is 124 Å². The van der Waals surface area contributed by atoms with Crippen LogP contribution < -0.4 is 5.56 Å². The van der Waals surface area contributed by atoms with Crippen LogP contribution in [0.1, 0.15) is 43.4 Å². The van der Waals surface area contributed by atoms with Gasteiger partial charge in [0, 0.05) is 24.0 Å². The number of hydrogen-bond acceptors (Lipinski definition) is 2. The summed E-state index contributed by atoms with van der Waals surface area (Å²) in [5, 5.41) is 6.82. The highest BCUT2D eigenvalue weighted by atomic mass is 16.1. The molecule has 0 bridgehead atoms. The zero-order chi connectivity index (χ0) is 14.2. The normalized spacial score (nSPS) is 18.3. The molecule has 1 saturated carbocycles. The van der Waals surface area contributed by atoms with Gasteiger partial charge in [-0.05, 0) is 56.1 Å². The van der Waals surface area contributed by atoms with Crippen LogP contribution in [0.4, 0.5) is 0 Å². The highest BCUT2D eigenvalue weighted by molar-refractivity contribution is 5.62. The van der Waals surface area contributed by atoms with Gasteiger partial charge in [0.15, 0.2) is 0 Å². The van der Waals surface area contributed by atoms with E-state index in [0.29, 0.717) is 5.92 Å². The molecule has 2 heterocycles. The van der Waals surface area contributed by atoms with Crippen molar-refractivity contribution in [3.05, 3.63) is 40.1 Å². The Morgan fingerprint density at radius 2 is 2.10 bits per heavy atom. The quantitative estimate of drug-likeness (QED) is 0.941. The van der Waals surface area contributed by atoms with Crippen molar-refractivity contribution in [3.8, 4) is 11.1 Å². The van der Waals surface area contributed by atoms with Gasteiger partial charge in [0.25, 0.3) is 5.56 Å². The molecular weight excluding hydrogens is 262 g/mol. The fourth-order valence-corrected chi connectivity index (χ4v) is 3.61. The third kappa shape index (κ3) is 2.23. The van der Waals surface area contributed by atoms with Crippen LogP contribution in [0.5, 0.6) is 0 Å². The van der Waals surface area contributed by atoms with E-state index in [4.69, 9.17) is 0 Å². The predicted molar refractivity (Wildman–Crippen MR) is 82.3 cm³/mol. The molecule has 0 atom stereocenters. The molecule has 2 aromatic heterocycles. The van der Waals surface area contributed by atoms with Crippen LogP contribution in [-0.2, 0) is 19.4 Å². The van der Waals surface area contributed by atoms with Crippen LogP contribution in [0.25, 0.3) is 11.1 Å². The van der Waals surface area contributed by atoms with Crippen molar-refractivity contribution >= 4 is 0 Å². The van der Waals surface area contributed by atoms with Crippen molar-refractivity contribution in [2.75, 3.05) is 0 Å². The number of hydrogen-bond donors (Lipinski definition) is 1. The fraction of sp³-hybridized carbons (Fsp3) is 0.529. The summed E-state index contributed by atoms with van der Waals surface area (Å²) in [6, 6.07) is 2.11. The molecule has 0 aliphatic heterocycles. The number of aryl methyl sites for hydroxylation is 1. The second-order valence-electron chi connectivity index (χ2n) is 6.44. The number of nitrogens with one attached hydrogen (secondary N) is 1. The van der Waals surface area contributed by atoms with Gasteiger partial charge in [0.2, 0.25) is 0 Å². The van der Waals surface area contributed by atoms with Crippen LogP contribution in [0, 0.1) is 5.92 Å². The Morgan fingerprint density at radius 3 is 2.81 bits per heavy atom. The van der Waals surface area contributed by atoms with Gasteiger partial charge < -0.3 is 4.57 Å². The van der Waals surface area contributed by atoms with Gasteiger partial charge in [-0.1, -0.05) is 6.42 Å².